The second-order valence-electron chi connectivity index (χ2n) is 6.58. The van der Waals surface area contributed by atoms with Gasteiger partial charge < -0.3 is 10.6 Å². The summed E-state index contributed by atoms with van der Waals surface area (Å²) < 4.78 is 0. The summed E-state index contributed by atoms with van der Waals surface area (Å²) in [5, 5.41) is 9.02. The molecule has 0 aliphatic heterocycles. The normalized spacial score (nSPS) is 11.6. The summed E-state index contributed by atoms with van der Waals surface area (Å²) in [6.07, 6.45) is 0.0388. The first-order valence-corrected chi connectivity index (χ1v) is 7.59. The lowest BCUT2D eigenvalue weighted by molar-refractivity contribution is -0.136. The highest BCUT2D eigenvalue weighted by Crippen LogP contribution is 2.08. The van der Waals surface area contributed by atoms with Crippen LogP contribution in [0.2, 0.25) is 0 Å². The van der Waals surface area contributed by atoms with Crippen LogP contribution in [0.25, 0.3) is 0 Å². The van der Waals surface area contributed by atoms with Gasteiger partial charge in [0.25, 0.3) is 0 Å². The third kappa shape index (κ3) is 7.53. The molecule has 0 unspecified atom stereocenters. The number of hydrogen-bond acceptors (Lipinski definition) is 4. The Bertz CT molecular complexity index is 643. The van der Waals surface area contributed by atoms with E-state index in [9.17, 15) is 14.4 Å². The molecule has 24 heavy (non-hydrogen) atoms. The van der Waals surface area contributed by atoms with Crippen molar-refractivity contribution in [2.75, 3.05) is 5.32 Å². The molecule has 0 radical (unpaired) electrons. The van der Waals surface area contributed by atoms with Gasteiger partial charge in [-0.05, 0) is 46.8 Å². The summed E-state index contributed by atoms with van der Waals surface area (Å²) in [7, 11) is 0. The van der Waals surface area contributed by atoms with Crippen LogP contribution in [0.4, 0.5) is 5.69 Å². The number of nitrogens with one attached hydrogen (secondary N) is 3. The van der Waals surface area contributed by atoms with E-state index in [0.717, 1.165) is 5.56 Å². The van der Waals surface area contributed by atoms with Crippen LogP contribution in [0.3, 0.4) is 0 Å². The third-order valence-electron chi connectivity index (χ3n) is 2.79. The Morgan fingerprint density at radius 1 is 1.04 bits per heavy atom. The largest absolute Gasteiger partial charge is 0.351 e. The van der Waals surface area contributed by atoms with Crippen molar-refractivity contribution >= 4 is 29.1 Å². The number of aryl methyl sites for hydroxylation is 1. The lowest BCUT2D eigenvalue weighted by Crippen LogP contribution is -2.41. The van der Waals surface area contributed by atoms with E-state index in [1.807, 2.05) is 39.8 Å². The number of carbonyl (C=O) groups is 3. The van der Waals surface area contributed by atoms with Crippen LogP contribution in [-0.4, -0.2) is 29.0 Å². The fourth-order valence-corrected chi connectivity index (χ4v) is 1.76. The predicted molar refractivity (Wildman–Crippen MR) is 93.6 cm³/mol. The summed E-state index contributed by atoms with van der Waals surface area (Å²) in [5.41, 5.74) is 3.76. The number of rotatable bonds is 4. The van der Waals surface area contributed by atoms with Crippen molar-refractivity contribution in [3.05, 3.63) is 29.8 Å². The van der Waals surface area contributed by atoms with E-state index >= 15 is 0 Å². The van der Waals surface area contributed by atoms with E-state index in [1.54, 1.807) is 19.1 Å². The molecule has 0 bridgehead atoms. The van der Waals surface area contributed by atoms with Gasteiger partial charge in [-0.15, -0.1) is 0 Å². The van der Waals surface area contributed by atoms with E-state index in [4.69, 9.17) is 0 Å². The predicted octanol–water partition coefficient (Wildman–Crippen LogP) is 1.73. The van der Waals surface area contributed by atoms with Crippen LogP contribution >= 0.6 is 0 Å². The zero-order valence-electron chi connectivity index (χ0n) is 14.7. The van der Waals surface area contributed by atoms with Gasteiger partial charge in [0.1, 0.15) is 0 Å². The highest BCUT2D eigenvalue weighted by molar-refractivity contribution is 6.39. The van der Waals surface area contributed by atoms with Crippen molar-refractivity contribution in [1.82, 2.24) is 10.7 Å². The maximum Gasteiger partial charge on any atom is 0.329 e. The monoisotopic (exact) mass is 332 g/mol. The SMILES string of the molecule is CC(CC(=O)NC(C)(C)C)=NNC(=O)C(=O)Nc1ccc(C)cc1. The minimum Gasteiger partial charge on any atom is -0.351 e. The van der Waals surface area contributed by atoms with Gasteiger partial charge in [-0.2, -0.15) is 5.10 Å². The number of anilines is 1. The van der Waals surface area contributed by atoms with E-state index in [-0.39, 0.29) is 17.9 Å². The second kappa shape index (κ2) is 8.24. The molecule has 0 aliphatic rings. The van der Waals surface area contributed by atoms with E-state index in [1.165, 1.54) is 0 Å². The molecule has 3 N–H and O–H groups in total. The Hall–Kier alpha value is -2.70. The van der Waals surface area contributed by atoms with Gasteiger partial charge in [0, 0.05) is 16.9 Å². The van der Waals surface area contributed by atoms with Crippen LogP contribution < -0.4 is 16.1 Å². The molecule has 1 aromatic carbocycles. The van der Waals surface area contributed by atoms with Crippen LogP contribution in [0.5, 0.6) is 0 Å². The Balaban J connectivity index is 2.49. The smallest absolute Gasteiger partial charge is 0.329 e. The van der Waals surface area contributed by atoms with Crippen molar-refractivity contribution in [3.8, 4) is 0 Å². The summed E-state index contributed by atoms with van der Waals surface area (Å²) in [6.45, 7) is 9.13. The molecule has 0 fully saturated rings. The highest BCUT2D eigenvalue weighted by Gasteiger charge is 2.15. The van der Waals surface area contributed by atoms with Gasteiger partial charge >= 0.3 is 11.8 Å². The number of carbonyl (C=O) groups excluding carboxylic acids is 3. The molecule has 1 aromatic rings. The van der Waals surface area contributed by atoms with Gasteiger partial charge in [-0.25, -0.2) is 5.43 Å². The molecule has 3 amide bonds. The number of benzene rings is 1. The van der Waals surface area contributed by atoms with Gasteiger partial charge in [0.05, 0.1) is 6.42 Å². The lowest BCUT2D eigenvalue weighted by atomic mass is 10.1. The zero-order valence-corrected chi connectivity index (χ0v) is 14.7. The summed E-state index contributed by atoms with van der Waals surface area (Å²) in [4.78, 5) is 35.2. The first kappa shape index (κ1) is 19.3. The van der Waals surface area contributed by atoms with Crippen LogP contribution in [0, 0.1) is 6.92 Å². The molecule has 0 heterocycles. The van der Waals surface area contributed by atoms with Crippen molar-refractivity contribution in [3.63, 3.8) is 0 Å². The molecule has 130 valence electrons. The average molecular weight is 332 g/mol. The Kier molecular flexibility index (Phi) is 6.64. The molecule has 0 saturated heterocycles. The summed E-state index contributed by atoms with van der Waals surface area (Å²) in [5.74, 6) is -1.93. The summed E-state index contributed by atoms with van der Waals surface area (Å²) >= 11 is 0. The van der Waals surface area contributed by atoms with Crippen molar-refractivity contribution in [2.24, 2.45) is 5.10 Å². The molecule has 0 spiro atoms. The molecule has 7 nitrogen and oxygen atoms in total. The number of amides is 3. The molecule has 1 rings (SSSR count). The maximum atomic E-state index is 11.7. The number of hydrogen-bond donors (Lipinski definition) is 3. The quantitative estimate of drug-likeness (QED) is 0.445. The molecule has 0 aliphatic carbocycles. The topological polar surface area (TPSA) is 99.7 Å². The van der Waals surface area contributed by atoms with Crippen molar-refractivity contribution in [1.29, 1.82) is 0 Å². The number of hydrazone groups is 1. The first-order chi connectivity index (χ1) is 11.1. The van der Waals surface area contributed by atoms with Crippen LogP contribution in [0.15, 0.2) is 29.4 Å². The van der Waals surface area contributed by atoms with Gasteiger partial charge in [-0.1, -0.05) is 17.7 Å². The van der Waals surface area contributed by atoms with Crippen molar-refractivity contribution in [2.45, 2.75) is 46.6 Å². The van der Waals surface area contributed by atoms with Gasteiger partial charge in [-0.3, -0.25) is 14.4 Å². The molecule has 0 saturated carbocycles. The van der Waals surface area contributed by atoms with Gasteiger partial charge in [0.2, 0.25) is 5.91 Å². The molecule has 7 heteroatoms. The van der Waals surface area contributed by atoms with E-state index < -0.39 is 11.8 Å². The minimum absolute atomic E-state index is 0.0388. The van der Waals surface area contributed by atoms with E-state index in [0.29, 0.717) is 11.4 Å². The second-order valence-corrected chi connectivity index (χ2v) is 6.58. The fraction of sp³-hybridized carbons (Fsp3) is 0.412. The Labute approximate surface area is 141 Å². The lowest BCUT2D eigenvalue weighted by Gasteiger charge is -2.20. The zero-order chi connectivity index (χ0) is 18.3. The van der Waals surface area contributed by atoms with E-state index in [2.05, 4.69) is 21.2 Å². The molecule has 0 aromatic heterocycles. The standard InChI is InChI=1S/C17H24N4O3/c1-11-6-8-13(9-7-11)18-15(23)16(24)21-20-12(2)10-14(22)19-17(3,4)5/h6-9H,10H2,1-5H3,(H,18,23)(H,19,22)(H,21,24). The fourth-order valence-electron chi connectivity index (χ4n) is 1.76. The highest BCUT2D eigenvalue weighted by atomic mass is 16.2. The minimum atomic E-state index is -0.897. The molecular weight excluding hydrogens is 308 g/mol. The maximum absolute atomic E-state index is 11.7. The number of nitrogens with zero attached hydrogens (tertiary/aromatic N) is 1. The van der Waals surface area contributed by atoms with Crippen LogP contribution in [0.1, 0.15) is 39.7 Å². The van der Waals surface area contributed by atoms with Crippen LogP contribution in [-0.2, 0) is 14.4 Å². The average Bonchev–Trinajstić information content (AvgIpc) is 2.45. The third-order valence-corrected chi connectivity index (χ3v) is 2.79. The van der Waals surface area contributed by atoms with Gasteiger partial charge in [0.15, 0.2) is 0 Å². The first-order valence-electron chi connectivity index (χ1n) is 7.59. The van der Waals surface area contributed by atoms with Crippen molar-refractivity contribution < 1.29 is 14.4 Å². The molecular formula is C17H24N4O3. The Morgan fingerprint density at radius 3 is 2.17 bits per heavy atom. The molecule has 0 atom stereocenters. The summed E-state index contributed by atoms with van der Waals surface area (Å²) in [6, 6.07) is 7.05. The Morgan fingerprint density at radius 2 is 1.62 bits per heavy atom.